The highest BCUT2D eigenvalue weighted by molar-refractivity contribution is 6.42. The Hall–Kier alpha value is -2.83. The van der Waals surface area contributed by atoms with Gasteiger partial charge in [0.2, 0.25) is 11.8 Å². The fourth-order valence-electron chi connectivity index (χ4n) is 2.21. The Morgan fingerprint density at radius 1 is 1.00 bits per heavy atom. The topological polar surface area (TPSA) is 84.2 Å². The Morgan fingerprint density at radius 3 is 2.42 bits per heavy atom. The van der Waals surface area contributed by atoms with Gasteiger partial charge < -0.3 is 15.1 Å². The largest absolute Gasteiger partial charge is 0.444 e. The summed E-state index contributed by atoms with van der Waals surface area (Å²) in [5.41, 5.74) is 1.80. The standard InChI is InChI=1S/C18H13Cl2N3O3/c1-10(24)21-12-3-2-4-13(8-12)22-17(25)16-9-26-18(23-16)11-5-6-14(19)15(20)7-11/h2-9H,1H3,(H,21,24)(H,22,25). The molecule has 6 nitrogen and oxygen atoms in total. The number of carbonyl (C=O) groups is 2. The third kappa shape index (κ3) is 4.22. The fourth-order valence-corrected chi connectivity index (χ4v) is 2.51. The zero-order chi connectivity index (χ0) is 18.7. The highest BCUT2D eigenvalue weighted by Crippen LogP contribution is 2.28. The molecule has 8 heteroatoms. The van der Waals surface area contributed by atoms with Crippen molar-refractivity contribution in [3.8, 4) is 11.5 Å². The second-order valence-corrected chi connectivity index (χ2v) is 6.20. The first-order valence-corrected chi connectivity index (χ1v) is 8.28. The molecule has 1 heterocycles. The van der Waals surface area contributed by atoms with E-state index >= 15 is 0 Å². The van der Waals surface area contributed by atoms with E-state index in [0.717, 1.165) is 0 Å². The molecule has 3 rings (SSSR count). The van der Waals surface area contributed by atoms with E-state index in [-0.39, 0.29) is 17.5 Å². The molecule has 2 amide bonds. The van der Waals surface area contributed by atoms with Crippen LogP contribution in [0.25, 0.3) is 11.5 Å². The monoisotopic (exact) mass is 389 g/mol. The van der Waals surface area contributed by atoms with E-state index in [0.29, 0.717) is 27.0 Å². The molecule has 2 N–H and O–H groups in total. The molecule has 1 aromatic heterocycles. The molecule has 132 valence electrons. The molecule has 2 aromatic carbocycles. The lowest BCUT2D eigenvalue weighted by Gasteiger charge is -2.06. The van der Waals surface area contributed by atoms with E-state index in [1.54, 1.807) is 42.5 Å². The van der Waals surface area contributed by atoms with Crippen molar-refractivity contribution in [1.29, 1.82) is 0 Å². The molecular formula is C18H13Cl2N3O3. The van der Waals surface area contributed by atoms with Crippen molar-refractivity contribution in [1.82, 2.24) is 4.98 Å². The highest BCUT2D eigenvalue weighted by atomic mass is 35.5. The molecule has 0 saturated carbocycles. The molecular weight excluding hydrogens is 377 g/mol. The van der Waals surface area contributed by atoms with Gasteiger partial charge in [-0.3, -0.25) is 9.59 Å². The predicted molar refractivity (Wildman–Crippen MR) is 101 cm³/mol. The Kier molecular flexibility index (Phi) is 5.25. The van der Waals surface area contributed by atoms with E-state index < -0.39 is 5.91 Å². The molecule has 0 fully saturated rings. The lowest BCUT2D eigenvalue weighted by Crippen LogP contribution is -2.13. The SMILES string of the molecule is CC(=O)Nc1cccc(NC(=O)c2coc(-c3ccc(Cl)c(Cl)c3)n2)c1. The number of oxazole rings is 1. The van der Waals surface area contributed by atoms with Crippen LogP contribution in [0.15, 0.2) is 53.1 Å². The molecule has 3 aromatic rings. The van der Waals surface area contributed by atoms with Crippen LogP contribution in [0.3, 0.4) is 0 Å². The molecule has 0 aliphatic rings. The minimum Gasteiger partial charge on any atom is -0.444 e. The summed E-state index contributed by atoms with van der Waals surface area (Å²) in [5, 5.41) is 6.12. The number of halogens is 2. The molecule has 0 saturated heterocycles. The van der Waals surface area contributed by atoms with Gasteiger partial charge in [0.1, 0.15) is 6.26 Å². The maximum Gasteiger partial charge on any atom is 0.277 e. The van der Waals surface area contributed by atoms with Crippen molar-refractivity contribution in [2.24, 2.45) is 0 Å². The quantitative estimate of drug-likeness (QED) is 0.667. The van der Waals surface area contributed by atoms with Gasteiger partial charge in [-0.05, 0) is 36.4 Å². The van der Waals surface area contributed by atoms with Crippen molar-refractivity contribution < 1.29 is 14.0 Å². The first kappa shape index (κ1) is 18.0. The minimum atomic E-state index is -0.444. The number of hydrogen-bond acceptors (Lipinski definition) is 4. The van der Waals surface area contributed by atoms with Gasteiger partial charge in [0.15, 0.2) is 5.69 Å². The number of hydrogen-bond donors (Lipinski definition) is 2. The van der Waals surface area contributed by atoms with Crippen LogP contribution in [-0.2, 0) is 4.79 Å². The number of nitrogens with zero attached hydrogens (tertiary/aromatic N) is 1. The zero-order valence-electron chi connectivity index (χ0n) is 13.5. The normalized spacial score (nSPS) is 10.4. The van der Waals surface area contributed by atoms with Crippen LogP contribution in [0.5, 0.6) is 0 Å². The van der Waals surface area contributed by atoms with Crippen LogP contribution in [0.4, 0.5) is 11.4 Å². The average Bonchev–Trinajstić information content (AvgIpc) is 3.07. The zero-order valence-corrected chi connectivity index (χ0v) is 15.1. The number of nitrogens with one attached hydrogen (secondary N) is 2. The second-order valence-electron chi connectivity index (χ2n) is 5.38. The van der Waals surface area contributed by atoms with E-state index in [1.807, 2.05) is 0 Å². The van der Waals surface area contributed by atoms with Crippen molar-refractivity contribution in [2.75, 3.05) is 10.6 Å². The second kappa shape index (κ2) is 7.59. The fraction of sp³-hybridized carbons (Fsp3) is 0.0556. The summed E-state index contributed by atoms with van der Waals surface area (Å²) in [7, 11) is 0. The first-order valence-electron chi connectivity index (χ1n) is 7.52. The summed E-state index contributed by atoms with van der Waals surface area (Å²) < 4.78 is 5.35. The van der Waals surface area contributed by atoms with Gasteiger partial charge in [-0.1, -0.05) is 29.3 Å². The van der Waals surface area contributed by atoms with Gasteiger partial charge in [-0.15, -0.1) is 0 Å². The third-order valence-corrected chi connectivity index (χ3v) is 4.08. The van der Waals surface area contributed by atoms with Crippen molar-refractivity contribution in [2.45, 2.75) is 6.92 Å². The number of aromatic nitrogens is 1. The smallest absolute Gasteiger partial charge is 0.277 e. The van der Waals surface area contributed by atoms with Gasteiger partial charge >= 0.3 is 0 Å². The summed E-state index contributed by atoms with van der Waals surface area (Å²) in [4.78, 5) is 27.6. The van der Waals surface area contributed by atoms with Crippen molar-refractivity contribution >= 4 is 46.4 Å². The van der Waals surface area contributed by atoms with Crippen molar-refractivity contribution in [3.63, 3.8) is 0 Å². The number of amides is 2. The maximum absolute atomic E-state index is 12.3. The molecule has 0 radical (unpaired) electrons. The van der Waals surface area contributed by atoms with Crippen LogP contribution in [-0.4, -0.2) is 16.8 Å². The van der Waals surface area contributed by atoms with Crippen LogP contribution in [0.1, 0.15) is 17.4 Å². The number of benzene rings is 2. The van der Waals surface area contributed by atoms with Crippen LogP contribution in [0, 0.1) is 0 Å². The number of carbonyl (C=O) groups excluding carboxylic acids is 2. The van der Waals surface area contributed by atoms with Gasteiger partial charge in [0, 0.05) is 23.9 Å². The third-order valence-electron chi connectivity index (χ3n) is 3.34. The molecule has 0 unspecified atom stereocenters. The van der Waals surface area contributed by atoms with E-state index in [4.69, 9.17) is 27.6 Å². The highest BCUT2D eigenvalue weighted by Gasteiger charge is 2.15. The first-order chi connectivity index (χ1) is 12.4. The summed E-state index contributed by atoms with van der Waals surface area (Å²) in [5.74, 6) is -0.392. The summed E-state index contributed by atoms with van der Waals surface area (Å²) in [6, 6.07) is 11.7. The minimum absolute atomic E-state index is 0.107. The molecule has 0 aliphatic carbocycles. The Labute approximate surface area is 159 Å². The van der Waals surface area contributed by atoms with Gasteiger partial charge in [-0.2, -0.15) is 0 Å². The summed E-state index contributed by atoms with van der Waals surface area (Å²) in [6.07, 6.45) is 1.25. The van der Waals surface area contributed by atoms with Crippen LogP contribution < -0.4 is 10.6 Å². The molecule has 0 spiro atoms. The summed E-state index contributed by atoms with van der Waals surface area (Å²) in [6.45, 7) is 1.41. The maximum atomic E-state index is 12.3. The predicted octanol–water partition coefficient (Wildman–Crippen LogP) is 4.86. The van der Waals surface area contributed by atoms with Crippen LogP contribution >= 0.6 is 23.2 Å². The number of anilines is 2. The van der Waals surface area contributed by atoms with E-state index in [9.17, 15) is 9.59 Å². The molecule has 26 heavy (non-hydrogen) atoms. The van der Waals surface area contributed by atoms with Crippen molar-refractivity contribution in [3.05, 3.63) is 64.5 Å². The molecule has 0 aliphatic heterocycles. The Bertz CT molecular complexity index is 985. The molecule has 0 bridgehead atoms. The van der Waals surface area contributed by atoms with Gasteiger partial charge in [0.25, 0.3) is 5.91 Å². The average molecular weight is 390 g/mol. The van der Waals surface area contributed by atoms with Gasteiger partial charge in [-0.25, -0.2) is 4.98 Å². The van der Waals surface area contributed by atoms with E-state index in [2.05, 4.69) is 15.6 Å². The van der Waals surface area contributed by atoms with Crippen LogP contribution in [0.2, 0.25) is 10.0 Å². The lowest BCUT2D eigenvalue weighted by molar-refractivity contribution is -0.114. The number of rotatable bonds is 4. The Morgan fingerprint density at radius 2 is 1.73 bits per heavy atom. The molecule has 0 atom stereocenters. The Balaban J connectivity index is 1.76. The summed E-state index contributed by atoms with van der Waals surface area (Å²) >= 11 is 11.9. The van der Waals surface area contributed by atoms with E-state index in [1.165, 1.54) is 13.2 Å². The lowest BCUT2D eigenvalue weighted by atomic mass is 10.2. The van der Waals surface area contributed by atoms with Gasteiger partial charge in [0.05, 0.1) is 10.0 Å².